The second kappa shape index (κ2) is 16.5. The molecular weight excluding hydrogens is 506 g/mol. The van der Waals surface area contributed by atoms with Gasteiger partial charge in [-0.25, -0.2) is 0 Å². The molecule has 0 radical (unpaired) electrons. The monoisotopic (exact) mass is 547 g/mol. The maximum Gasteiger partial charge on any atom is 0.289 e. The molecule has 1 heterocycles. The van der Waals surface area contributed by atoms with E-state index in [-0.39, 0.29) is 25.3 Å². The van der Waals surface area contributed by atoms with Crippen LogP contribution >= 0.6 is 0 Å². The van der Waals surface area contributed by atoms with E-state index in [0.29, 0.717) is 38.5 Å². The molecule has 4 amide bonds. The largest absolute Gasteiger partial charge is 0.497 e. The smallest absolute Gasteiger partial charge is 0.289 e. The van der Waals surface area contributed by atoms with E-state index in [0.717, 1.165) is 12.0 Å². The summed E-state index contributed by atoms with van der Waals surface area (Å²) in [6.07, 6.45) is 1.78. The minimum atomic E-state index is -1.06. The first-order valence-corrected chi connectivity index (χ1v) is 13.3. The summed E-state index contributed by atoms with van der Waals surface area (Å²) in [5, 5.41) is 10.3. The van der Waals surface area contributed by atoms with Gasteiger partial charge in [0.15, 0.2) is 0 Å². The molecule has 0 aliphatic carbocycles. The van der Waals surface area contributed by atoms with E-state index in [1.54, 1.807) is 31.4 Å². The van der Waals surface area contributed by atoms with E-state index in [1.807, 2.05) is 11.8 Å². The highest BCUT2D eigenvalue weighted by Crippen LogP contribution is 2.13. The van der Waals surface area contributed by atoms with Gasteiger partial charge < -0.3 is 30.7 Å². The highest BCUT2D eigenvalue weighted by atomic mass is 16.5. The van der Waals surface area contributed by atoms with Crippen LogP contribution in [0.2, 0.25) is 0 Å². The van der Waals surface area contributed by atoms with Crippen molar-refractivity contribution in [1.82, 2.24) is 26.2 Å². The fourth-order valence-corrected chi connectivity index (χ4v) is 4.05. The molecule has 1 aromatic rings. The molecule has 12 nitrogen and oxygen atoms in total. The molecule has 0 spiro atoms. The van der Waals surface area contributed by atoms with Crippen LogP contribution in [0.25, 0.3) is 0 Å². The maximum atomic E-state index is 13.4. The molecule has 0 saturated carbocycles. The van der Waals surface area contributed by atoms with E-state index in [9.17, 15) is 24.0 Å². The zero-order chi connectivity index (χ0) is 28.8. The predicted molar refractivity (Wildman–Crippen MR) is 144 cm³/mol. The molecule has 0 bridgehead atoms. The Morgan fingerprint density at radius 3 is 2.21 bits per heavy atom. The number of nitrogens with one attached hydrogen (secondary N) is 4. The summed E-state index contributed by atoms with van der Waals surface area (Å²) in [4.78, 5) is 65.4. The number of carbonyl (C=O) groups excluding carboxylic acids is 5. The van der Waals surface area contributed by atoms with E-state index in [4.69, 9.17) is 9.47 Å². The number of nitrogens with zero attached hydrogens (tertiary/aromatic N) is 1. The minimum absolute atomic E-state index is 0.116. The molecule has 1 saturated heterocycles. The predicted octanol–water partition coefficient (Wildman–Crippen LogP) is -0.450. The first-order chi connectivity index (χ1) is 18.7. The molecule has 3 atom stereocenters. The number of amides is 4. The Labute approximate surface area is 229 Å². The topological polar surface area (TPSA) is 155 Å². The molecule has 0 aromatic heterocycles. The highest BCUT2D eigenvalue weighted by molar-refractivity contribution is 6.38. The van der Waals surface area contributed by atoms with Crippen molar-refractivity contribution in [2.45, 2.75) is 57.7 Å². The standard InChI is InChI=1S/C27H41N5O7/c1-5-6-7-21(24(34)27(37)28-3)30-26(36)22(16-19-8-10-20(38-4)11-9-19)31-25(35)18(2)29-23(33)17-32-12-14-39-15-13-32/h8-11,18,21-22H,5-7,12-17H2,1-4H3,(H,28,37)(H,29,33)(H,30,36)(H,31,35). The first-order valence-electron chi connectivity index (χ1n) is 13.3. The average Bonchev–Trinajstić information content (AvgIpc) is 2.94. The van der Waals surface area contributed by atoms with Gasteiger partial charge in [-0.05, 0) is 31.0 Å². The summed E-state index contributed by atoms with van der Waals surface area (Å²) in [6, 6.07) is 4.00. The molecular formula is C27H41N5O7. The third-order valence-electron chi connectivity index (χ3n) is 6.40. The first kappa shape index (κ1) is 31.7. The zero-order valence-corrected chi connectivity index (χ0v) is 23.2. The van der Waals surface area contributed by atoms with E-state index < -0.39 is 41.6 Å². The summed E-state index contributed by atoms with van der Waals surface area (Å²) in [7, 11) is 2.89. The Kier molecular flexibility index (Phi) is 13.4. The third kappa shape index (κ3) is 10.6. The molecule has 2 rings (SSSR count). The molecule has 1 aliphatic heterocycles. The quantitative estimate of drug-likeness (QED) is 0.215. The van der Waals surface area contributed by atoms with Crippen LogP contribution in [-0.2, 0) is 35.1 Å². The minimum Gasteiger partial charge on any atom is -0.497 e. The van der Waals surface area contributed by atoms with Crippen molar-refractivity contribution < 1.29 is 33.4 Å². The summed E-state index contributed by atoms with van der Waals surface area (Å²) >= 11 is 0. The fraction of sp³-hybridized carbons (Fsp3) is 0.593. The van der Waals surface area contributed by atoms with Gasteiger partial charge in [-0.1, -0.05) is 31.9 Å². The number of ether oxygens (including phenoxy) is 2. The lowest BCUT2D eigenvalue weighted by molar-refractivity contribution is -0.140. The van der Waals surface area contributed by atoms with Gasteiger partial charge in [0.05, 0.1) is 32.9 Å². The molecule has 216 valence electrons. The lowest BCUT2D eigenvalue weighted by Crippen LogP contribution is -2.57. The molecule has 1 aromatic carbocycles. The molecule has 4 N–H and O–H groups in total. The number of rotatable bonds is 15. The van der Waals surface area contributed by atoms with Crippen LogP contribution in [0.1, 0.15) is 38.7 Å². The maximum absolute atomic E-state index is 13.4. The number of unbranched alkanes of at least 4 members (excludes halogenated alkanes) is 1. The van der Waals surface area contributed by atoms with Gasteiger partial charge in [0.1, 0.15) is 17.8 Å². The van der Waals surface area contributed by atoms with Crippen molar-refractivity contribution in [2.24, 2.45) is 0 Å². The number of morpholine rings is 1. The van der Waals surface area contributed by atoms with Crippen LogP contribution in [0.5, 0.6) is 5.75 Å². The van der Waals surface area contributed by atoms with Crippen LogP contribution in [0.3, 0.4) is 0 Å². The Balaban J connectivity index is 2.13. The highest BCUT2D eigenvalue weighted by Gasteiger charge is 2.30. The van der Waals surface area contributed by atoms with E-state index >= 15 is 0 Å². The van der Waals surface area contributed by atoms with Crippen LogP contribution in [-0.4, -0.2) is 99.4 Å². The second-order valence-corrected chi connectivity index (χ2v) is 9.44. The van der Waals surface area contributed by atoms with Gasteiger partial charge in [-0.15, -0.1) is 0 Å². The van der Waals surface area contributed by atoms with E-state index in [2.05, 4.69) is 21.3 Å². The van der Waals surface area contributed by atoms with Gasteiger partial charge in [-0.2, -0.15) is 0 Å². The second-order valence-electron chi connectivity index (χ2n) is 9.44. The van der Waals surface area contributed by atoms with Gasteiger partial charge in [0, 0.05) is 26.6 Å². The molecule has 1 fully saturated rings. The van der Waals surface area contributed by atoms with Crippen molar-refractivity contribution >= 4 is 29.4 Å². The Hall–Kier alpha value is -3.51. The lowest BCUT2D eigenvalue weighted by Gasteiger charge is -2.27. The summed E-state index contributed by atoms with van der Waals surface area (Å²) in [5.41, 5.74) is 0.739. The van der Waals surface area contributed by atoms with Gasteiger partial charge in [0.25, 0.3) is 5.91 Å². The summed E-state index contributed by atoms with van der Waals surface area (Å²) in [6.45, 7) is 5.97. The van der Waals surface area contributed by atoms with Crippen molar-refractivity contribution in [3.63, 3.8) is 0 Å². The number of hydrogen-bond donors (Lipinski definition) is 4. The van der Waals surface area contributed by atoms with Gasteiger partial charge in [-0.3, -0.25) is 28.9 Å². The zero-order valence-electron chi connectivity index (χ0n) is 23.2. The Bertz CT molecular complexity index is 979. The van der Waals surface area contributed by atoms with Gasteiger partial charge in [0.2, 0.25) is 23.5 Å². The van der Waals surface area contributed by atoms with E-state index in [1.165, 1.54) is 14.0 Å². The SMILES string of the molecule is CCCCC(NC(=O)C(Cc1ccc(OC)cc1)NC(=O)C(C)NC(=O)CN1CCOCC1)C(=O)C(=O)NC. The van der Waals surface area contributed by atoms with Crippen LogP contribution in [0, 0.1) is 0 Å². The Morgan fingerprint density at radius 2 is 1.62 bits per heavy atom. The van der Waals surface area contributed by atoms with Gasteiger partial charge >= 0.3 is 0 Å². The number of benzene rings is 1. The number of carbonyl (C=O) groups is 5. The molecule has 3 unspecified atom stereocenters. The third-order valence-corrected chi connectivity index (χ3v) is 6.40. The summed E-state index contributed by atoms with van der Waals surface area (Å²) < 4.78 is 10.5. The fourth-order valence-electron chi connectivity index (χ4n) is 4.05. The van der Waals surface area contributed by atoms with Crippen molar-refractivity contribution in [3.8, 4) is 5.75 Å². The van der Waals surface area contributed by atoms with Crippen molar-refractivity contribution in [2.75, 3.05) is 47.0 Å². The van der Waals surface area contributed by atoms with Crippen LogP contribution < -0.4 is 26.0 Å². The molecule has 39 heavy (non-hydrogen) atoms. The summed E-state index contributed by atoms with van der Waals surface area (Å²) in [5.74, 6) is -2.39. The van der Waals surface area contributed by atoms with Crippen molar-refractivity contribution in [3.05, 3.63) is 29.8 Å². The molecule has 12 heteroatoms. The Morgan fingerprint density at radius 1 is 0.974 bits per heavy atom. The number of methoxy groups -OCH3 is 1. The average molecular weight is 548 g/mol. The number of Topliss-reactive ketones (excluding diaryl/α,β-unsaturated/α-hetero) is 1. The van der Waals surface area contributed by atoms with Crippen molar-refractivity contribution in [1.29, 1.82) is 0 Å². The number of ketones is 1. The number of likely N-dealkylation sites (N-methyl/N-ethyl adjacent to an activating group) is 1. The lowest BCUT2D eigenvalue weighted by atomic mass is 10.0. The van der Waals surface area contributed by atoms with Crippen LogP contribution in [0.4, 0.5) is 0 Å². The normalized spacial score (nSPS) is 15.8. The van der Waals surface area contributed by atoms with Crippen LogP contribution in [0.15, 0.2) is 24.3 Å². The number of hydrogen-bond acceptors (Lipinski definition) is 8. The molecule has 1 aliphatic rings.